The molecular weight excluding hydrogens is 368 g/mol. The second kappa shape index (κ2) is 6.70. The summed E-state index contributed by atoms with van der Waals surface area (Å²) in [5.74, 6) is 0.695. The maximum atomic E-state index is 3.63. The van der Waals surface area contributed by atoms with Crippen molar-refractivity contribution in [2.45, 2.75) is 32.4 Å². The molecule has 1 heterocycles. The number of halogens is 2. The number of benzene rings is 1. The Hall–Kier alpha value is 0.1000. The van der Waals surface area contributed by atoms with E-state index in [9.17, 15) is 0 Å². The van der Waals surface area contributed by atoms with Crippen LogP contribution < -0.4 is 5.32 Å². The third kappa shape index (κ3) is 3.41. The van der Waals surface area contributed by atoms with Crippen LogP contribution in [0.5, 0.6) is 0 Å². The van der Waals surface area contributed by atoms with Gasteiger partial charge in [-0.25, -0.2) is 0 Å². The van der Waals surface area contributed by atoms with Crippen molar-refractivity contribution in [1.82, 2.24) is 10.2 Å². The number of nitrogens with zero attached hydrogens (tertiary/aromatic N) is 1. The van der Waals surface area contributed by atoms with E-state index in [1.165, 1.54) is 18.5 Å². The van der Waals surface area contributed by atoms with Crippen LogP contribution in [-0.4, -0.2) is 31.1 Å². The summed E-state index contributed by atoms with van der Waals surface area (Å²) < 4.78 is 2.26. The van der Waals surface area contributed by atoms with Gasteiger partial charge in [-0.3, -0.25) is 4.90 Å². The standard InChI is InChI=1S/C15H22Br2N2/c1-10(2)19-7-6-12(9-18-3)15(19)11-4-5-13(16)14(17)8-11/h4-5,8,10,12,15,18H,6-7,9H2,1-3H3. The molecule has 1 saturated heterocycles. The van der Waals surface area contributed by atoms with Crippen LogP contribution in [-0.2, 0) is 0 Å². The molecule has 19 heavy (non-hydrogen) atoms. The van der Waals surface area contributed by atoms with E-state index in [0.717, 1.165) is 15.5 Å². The van der Waals surface area contributed by atoms with E-state index in [-0.39, 0.29) is 0 Å². The minimum absolute atomic E-state index is 0.525. The molecule has 0 aromatic heterocycles. The Morgan fingerprint density at radius 3 is 2.63 bits per heavy atom. The number of rotatable bonds is 4. The van der Waals surface area contributed by atoms with Crippen LogP contribution in [0.25, 0.3) is 0 Å². The summed E-state index contributed by atoms with van der Waals surface area (Å²) in [5.41, 5.74) is 1.42. The van der Waals surface area contributed by atoms with Gasteiger partial charge in [-0.1, -0.05) is 6.07 Å². The summed E-state index contributed by atoms with van der Waals surface area (Å²) in [6.07, 6.45) is 1.28. The van der Waals surface area contributed by atoms with Crippen molar-refractivity contribution in [2.75, 3.05) is 20.1 Å². The predicted octanol–water partition coefficient (Wildman–Crippen LogP) is 4.20. The third-order valence-corrected chi connectivity index (χ3v) is 5.86. The van der Waals surface area contributed by atoms with Crippen molar-refractivity contribution in [3.63, 3.8) is 0 Å². The van der Waals surface area contributed by atoms with E-state index in [1.54, 1.807) is 0 Å². The summed E-state index contributed by atoms with van der Waals surface area (Å²) in [6.45, 7) is 6.87. The maximum absolute atomic E-state index is 3.63. The number of hydrogen-bond donors (Lipinski definition) is 1. The highest BCUT2D eigenvalue weighted by Gasteiger charge is 2.36. The lowest BCUT2D eigenvalue weighted by Gasteiger charge is -2.32. The summed E-state index contributed by atoms with van der Waals surface area (Å²) >= 11 is 7.18. The molecule has 2 unspecified atom stereocenters. The number of likely N-dealkylation sites (tertiary alicyclic amines) is 1. The zero-order valence-corrected chi connectivity index (χ0v) is 15.0. The Morgan fingerprint density at radius 2 is 2.05 bits per heavy atom. The van der Waals surface area contributed by atoms with Crippen LogP contribution >= 0.6 is 31.9 Å². The normalized spacial score (nSPS) is 24.3. The molecule has 0 saturated carbocycles. The molecule has 4 heteroatoms. The van der Waals surface area contributed by atoms with Crippen LogP contribution in [0.1, 0.15) is 31.9 Å². The number of hydrogen-bond acceptors (Lipinski definition) is 2. The van der Waals surface area contributed by atoms with Gasteiger partial charge >= 0.3 is 0 Å². The second-order valence-corrected chi connectivity index (χ2v) is 7.27. The Bertz CT molecular complexity index is 434. The fourth-order valence-corrected chi connectivity index (χ4v) is 3.74. The highest BCUT2D eigenvalue weighted by Crippen LogP contribution is 2.40. The van der Waals surface area contributed by atoms with Gasteiger partial charge in [0.25, 0.3) is 0 Å². The van der Waals surface area contributed by atoms with Crippen LogP contribution in [0, 0.1) is 5.92 Å². The van der Waals surface area contributed by atoms with Gasteiger partial charge in [0.2, 0.25) is 0 Å². The first kappa shape index (κ1) is 15.5. The SMILES string of the molecule is CNCC1CCN(C(C)C)C1c1ccc(Br)c(Br)c1. The van der Waals surface area contributed by atoms with Gasteiger partial charge in [-0.15, -0.1) is 0 Å². The number of nitrogens with one attached hydrogen (secondary N) is 1. The van der Waals surface area contributed by atoms with Crippen molar-refractivity contribution in [1.29, 1.82) is 0 Å². The average Bonchev–Trinajstić information content (AvgIpc) is 2.77. The summed E-state index contributed by atoms with van der Waals surface area (Å²) in [5, 5.41) is 3.35. The molecule has 0 aliphatic carbocycles. The first-order valence-corrected chi connectivity index (χ1v) is 8.48. The quantitative estimate of drug-likeness (QED) is 0.829. The molecule has 1 aromatic rings. The molecule has 1 aliphatic heterocycles. The lowest BCUT2D eigenvalue weighted by atomic mass is 9.93. The molecule has 0 bridgehead atoms. The Kier molecular flexibility index (Phi) is 5.46. The maximum Gasteiger partial charge on any atom is 0.0391 e. The molecule has 2 rings (SSSR count). The van der Waals surface area contributed by atoms with E-state index >= 15 is 0 Å². The molecule has 1 fully saturated rings. The van der Waals surface area contributed by atoms with Crippen molar-refractivity contribution < 1.29 is 0 Å². The summed E-state index contributed by atoms with van der Waals surface area (Å²) in [7, 11) is 2.05. The first-order chi connectivity index (χ1) is 9.04. The first-order valence-electron chi connectivity index (χ1n) is 6.90. The Morgan fingerprint density at radius 1 is 1.32 bits per heavy atom. The van der Waals surface area contributed by atoms with E-state index < -0.39 is 0 Å². The molecule has 1 aliphatic rings. The molecule has 2 nitrogen and oxygen atoms in total. The Labute approximate surface area is 133 Å². The lowest BCUT2D eigenvalue weighted by molar-refractivity contribution is 0.182. The van der Waals surface area contributed by atoms with Crippen LogP contribution in [0.2, 0.25) is 0 Å². The van der Waals surface area contributed by atoms with Crippen LogP contribution in [0.3, 0.4) is 0 Å². The van der Waals surface area contributed by atoms with Crippen molar-refractivity contribution >= 4 is 31.9 Å². The van der Waals surface area contributed by atoms with E-state index in [1.807, 2.05) is 7.05 Å². The second-order valence-electron chi connectivity index (χ2n) is 5.56. The van der Waals surface area contributed by atoms with Gasteiger partial charge in [-0.2, -0.15) is 0 Å². The van der Waals surface area contributed by atoms with Crippen LogP contribution in [0.4, 0.5) is 0 Å². The molecule has 1 N–H and O–H groups in total. The van der Waals surface area contributed by atoms with Crippen molar-refractivity contribution in [2.24, 2.45) is 5.92 Å². The van der Waals surface area contributed by atoms with Gasteiger partial charge in [0.1, 0.15) is 0 Å². The van der Waals surface area contributed by atoms with E-state index in [4.69, 9.17) is 0 Å². The molecular formula is C15H22Br2N2. The summed E-state index contributed by atoms with van der Waals surface area (Å²) in [6, 6.07) is 7.78. The van der Waals surface area contributed by atoms with Crippen molar-refractivity contribution in [3.8, 4) is 0 Å². The van der Waals surface area contributed by atoms with Gasteiger partial charge in [0.15, 0.2) is 0 Å². The minimum atomic E-state index is 0.525. The van der Waals surface area contributed by atoms with E-state index in [2.05, 4.69) is 74.1 Å². The van der Waals surface area contributed by atoms with E-state index in [0.29, 0.717) is 18.0 Å². The van der Waals surface area contributed by atoms with Gasteiger partial charge in [0, 0.05) is 21.0 Å². The lowest BCUT2D eigenvalue weighted by Crippen LogP contribution is -2.33. The van der Waals surface area contributed by atoms with Crippen molar-refractivity contribution in [3.05, 3.63) is 32.7 Å². The highest BCUT2D eigenvalue weighted by atomic mass is 79.9. The van der Waals surface area contributed by atoms with Gasteiger partial charge < -0.3 is 5.32 Å². The monoisotopic (exact) mass is 388 g/mol. The molecule has 106 valence electrons. The highest BCUT2D eigenvalue weighted by molar-refractivity contribution is 9.13. The minimum Gasteiger partial charge on any atom is -0.319 e. The third-order valence-electron chi connectivity index (χ3n) is 3.98. The fraction of sp³-hybridized carbons (Fsp3) is 0.600. The smallest absolute Gasteiger partial charge is 0.0391 e. The molecule has 0 radical (unpaired) electrons. The molecule has 0 spiro atoms. The fourth-order valence-electron chi connectivity index (χ4n) is 3.10. The molecule has 1 aromatic carbocycles. The zero-order valence-electron chi connectivity index (χ0n) is 11.8. The average molecular weight is 390 g/mol. The van der Waals surface area contributed by atoms with Gasteiger partial charge in [-0.05, 0) is 95.9 Å². The predicted molar refractivity (Wildman–Crippen MR) is 88.5 cm³/mol. The van der Waals surface area contributed by atoms with Crippen LogP contribution in [0.15, 0.2) is 27.1 Å². The molecule has 0 amide bonds. The Balaban J connectivity index is 2.31. The topological polar surface area (TPSA) is 15.3 Å². The van der Waals surface area contributed by atoms with Gasteiger partial charge in [0.05, 0.1) is 0 Å². The largest absolute Gasteiger partial charge is 0.319 e. The molecule has 2 atom stereocenters. The zero-order chi connectivity index (χ0) is 14.0. The summed E-state index contributed by atoms with van der Waals surface area (Å²) in [4.78, 5) is 2.62.